The molecule has 23 heavy (non-hydrogen) atoms. The average Bonchev–Trinajstić information content (AvgIpc) is 3.25. The molecule has 3 rings (SSSR count). The van der Waals surface area contributed by atoms with Crippen molar-refractivity contribution < 1.29 is 14.3 Å². The van der Waals surface area contributed by atoms with E-state index in [0.29, 0.717) is 18.4 Å². The van der Waals surface area contributed by atoms with Gasteiger partial charge in [0.05, 0.1) is 19.8 Å². The van der Waals surface area contributed by atoms with E-state index in [1.165, 1.54) is 5.56 Å². The van der Waals surface area contributed by atoms with Crippen LogP contribution < -0.4 is 5.32 Å². The Morgan fingerprint density at radius 1 is 1.26 bits per heavy atom. The van der Waals surface area contributed by atoms with Gasteiger partial charge in [-0.2, -0.15) is 0 Å². The first-order valence-corrected chi connectivity index (χ1v) is 8.53. The van der Waals surface area contributed by atoms with Crippen LogP contribution in [0.4, 0.5) is 4.79 Å². The predicted molar refractivity (Wildman–Crippen MR) is 88.1 cm³/mol. The van der Waals surface area contributed by atoms with E-state index in [4.69, 9.17) is 9.47 Å². The van der Waals surface area contributed by atoms with Crippen LogP contribution >= 0.6 is 0 Å². The van der Waals surface area contributed by atoms with Gasteiger partial charge in [0.25, 0.3) is 0 Å². The molecule has 0 spiro atoms. The summed E-state index contributed by atoms with van der Waals surface area (Å²) in [6, 6.07) is 10.3. The highest BCUT2D eigenvalue weighted by Crippen LogP contribution is 2.18. The molecule has 0 aromatic heterocycles. The smallest absolute Gasteiger partial charge is 0.317 e. The van der Waals surface area contributed by atoms with Crippen LogP contribution in [0.15, 0.2) is 30.3 Å². The summed E-state index contributed by atoms with van der Waals surface area (Å²) in [6.07, 6.45) is 2.07. The van der Waals surface area contributed by atoms with Gasteiger partial charge in [-0.1, -0.05) is 30.3 Å². The van der Waals surface area contributed by atoms with E-state index in [1.807, 2.05) is 23.1 Å². The second-order valence-corrected chi connectivity index (χ2v) is 6.52. The van der Waals surface area contributed by atoms with Crippen molar-refractivity contribution in [1.82, 2.24) is 10.2 Å². The first-order valence-electron chi connectivity index (χ1n) is 8.53. The highest BCUT2D eigenvalue weighted by molar-refractivity contribution is 5.74. The summed E-state index contributed by atoms with van der Waals surface area (Å²) in [5, 5.41) is 3.04. The van der Waals surface area contributed by atoms with Crippen LogP contribution in [0.25, 0.3) is 0 Å². The van der Waals surface area contributed by atoms with Crippen LogP contribution in [0.1, 0.15) is 18.4 Å². The molecule has 2 saturated heterocycles. The summed E-state index contributed by atoms with van der Waals surface area (Å²) in [5.74, 6) is 0.922. The minimum absolute atomic E-state index is 0.0578. The Bertz CT molecular complexity index is 488. The first-order chi connectivity index (χ1) is 11.3. The van der Waals surface area contributed by atoms with Crippen LogP contribution in [-0.4, -0.2) is 50.4 Å². The molecular formula is C18H26N2O3. The Balaban J connectivity index is 1.32. The molecule has 0 radical (unpaired) electrons. The molecule has 1 aromatic carbocycles. The van der Waals surface area contributed by atoms with E-state index in [9.17, 15) is 4.79 Å². The zero-order valence-corrected chi connectivity index (χ0v) is 13.6. The van der Waals surface area contributed by atoms with Gasteiger partial charge < -0.3 is 19.7 Å². The normalized spacial score (nSPS) is 24.1. The zero-order valence-electron chi connectivity index (χ0n) is 13.6. The van der Waals surface area contributed by atoms with Gasteiger partial charge in [-0.05, 0) is 18.4 Å². The van der Waals surface area contributed by atoms with E-state index in [0.717, 1.165) is 52.3 Å². The highest BCUT2D eigenvalue weighted by atomic mass is 16.5. The lowest BCUT2D eigenvalue weighted by Gasteiger charge is -2.19. The largest absolute Gasteiger partial charge is 0.381 e. The highest BCUT2D eigenvalue weighted by Gasteiger charge is 2.27. The monoisotopic (exact) mass is 318 g/mol. The van der Waals surface area contributed by atoms with Gasteiger partial charge in [0.15, 0.2) is 0 Å². The Kier molecular flexibility index (Phi) is 5.88. The molecule has 2 fully saturated rings. The van der Waals surface area contributed by atoms with Crippen molar-refractivity contribution in [3.63, 3.8) is 0 Å². The van der Waals surface area contributed by atoms with Crippen molar-refractivity contribution in [2.45, 2.75) is 19.4 Å². The van der Waals surface area contributed by atoms with Gasteiger partial charge in [-0.25, -0.2) is 4.79 Å². The number of carbonyl (C=O) groups excluding carboxylic acids is 1. The van der Waals surface area contributed by atoms with Crippen molar-refractivity contribution in [3.05, 3.63) is 35.9 Å². The quantitative estimate of drug-likeness (QED) is 0.875. The van der Waals surface area contributed by atoms with E-state index in [-0.39, 0.29) is 6.03 Å². The summed E-state index contributed by atoms with van der Waals surface area (Å²) >= 11 is 0. The molecule has 2 unspecified atom stereocenters. The maximum Gasteiger partial charge on any atom is 0.317 e. The molecule has 0 bridgehead atoms. The van der Waals surface area contributed by atoms with Gasteiger partial charge in [0.2, 0.25) is 0 Å². The minimum atomic E-state index is 0.0578. The maximum absolute atomic E-state index is 12.2. The van der Waals surface area contributed by atoms with Crippen molar-refractivity contribution in [1.29, 1.82) is 0 Å². The molecule has 2 amide bonds. The summed E-state index contributed by atoms with van der Waals surface area (Å²) in [5.41, 5.74) is 1.19. The van der Waals surface area contributed by atoms with Crippen LogP contribution in [-0.2, 0) is 16.1 Å². The predicted octanol–water partition coefficient (Wildman–Crippen LogP) is 2.27. The second-order valence-electron chi connectivity index (χ2n) is 6.52. The number of hydrogen-bond acceptors (Lipinski definition) is 3. The van der Waals surface area contributed by atoms with Crippen LogP contribution in [0.3, 0.4) is 0 Å². The number of rotatable bonds is 6. The topological polar surface area (TPSA) is 50.8 Å². The SMILES string of the molecule is O=C(NCC1CCOC1)N1CCC(COCc2ccccc2)C1. The molecule has 2 aliphatic heterocycles. The lowest BCUT2D eigenvalue weighted by atomic mass is 10.1. The molecule has 2 heterocycles. The van der Waals surface area contributed by atoms with E-state index >= 15 is 0 Å². The van der Waals surface area contributed by atoms with E-state index in [2.05, 4.69) is 17.4 Å². The minimum Gasteiger partial charge on any atom is -0.381 e. The van der Waals surface area contributed by atoms with Crippen LogP contribution in [0.2, 0.25) is 0 Å². The average molecular weight is 318 g/mol. The van der Waals surface area contributed by atoms with Crippen LogP contribution in [0, 0.1) is 11.8 Å². The molecule has 2 aliphatic rings. The van der Waals surface area contributed by atoms with Gasteiger partial charge in [-0.3, -0.25) is 0 Å². The Morgan fingerprint density at radius 3 is 2.91 bits per heavy atom. The zero-order chi connectivity index (χ0) is 15.9. The molecule has 126 valence electrons. The second kappa shape index (κ2) is 8.31. The molecule has 0 aliphatic carbocycles. The Hall–Kier alpha value is -1.59. The molecule has 1 N–H and O–H groups in total. The fourth-order valence-corrected chi connectivity index (χ4v) is 3.16. The molecule has 5 nitrogen and oxygen atoms in total. The third-order valence-corrected chi connectivity index (χ3v) is 4.60. The van der Waals surface area contributed by atoms with Crippen molar-refractivity contribution in [3.8, 4) is 0 Å². The molecule has 2 atom stereocenters. The van der Waals surface area contributed by atoms with Crippen LogP contribution in [0.5, 0.6) is 0 Å². The maximum atomic E-state index is 12.2. The van der Waals surface area contributed by atoms with Crippen molar-refractivity contribution >= 4 is 6.03 Å². The van der Waals surface area contributed by atoms with Gasteiger partial charge in [-0.15, -0.1) is 0 Å². The van der Waals surface area contributed by atoms with Crippen molar-refractivity contribution in [2.24, 2.45) is 11.8 Å². The lowest BCUT2D eigenvalue weighted by molar-refractivity contribution is 0.0897. The number of ether oxygens (including phenoxy) is 2. The number of carbonyl (C=O) groups is 1. The third kappa shape index (κ3) is 4.94. The van der Waals surface area contributed by atoms with E-state index < -0.39 is 0 Å². The van der Waals surface area contributed by atoms with Gasteiger partial charge in [0.1, 0.15) is 0 Å². The lowest BCUT2D eigenvalue weighted by Crippen LogP contribution is -2.40. The fourth-order valence-electron chi connectivity index (χ4n) is 3.16. The Morgan fingerprint density at radius 2 is 2.13 bits per heavy atom. The number of nitrogens with zero attached hydrogens (tertiary/aromatic N) is 1. The molecular weight excluding hydrogens is 292 g/mol. The number of urea groups is 1. The van der Waals surface area contributed by atoms with Gasteiger partial charge in [0, 0.05) is 38.1 Å². The summed E-state index contributed by atoms with van der Waals surface area (Å²) in [4.78, 5) is 14.1. The number of amides is 2. The molecule has 1 aromatic rings. The summed E-state index contributed by atoms with van der Waals surface area (Å²) < 4.78 is 11.1. The number of nitrogens with one attached hydrogen (secondary N) is 1. The van der Waals surface area contributed by atoms with Gasteiger partial charge >= 0.3 is 6.03 Å². The standard InChI is InChI=1S/C18H26N2O3/c21-18(19-10-16-7-9-22-13-16)20-8-6-17(11-20)14-23-12-15-4-2-1-3-5-15/h1-5,16-17H,6-14H2,(H,19,21). The summed E-state index contributed by atoms with van der Waals surface area (Å²) in [6.45, 7) is 5.31. The number of hydrogen-bond donors (Lipinski definition) is 1. The molecule has 0 saturated carbocycles. The third-order valence-electron chi connectivity index (χ3n) is 4.60. The first kappa shape index (κ1) is 16.3. The van der Waals surface area contributed by atoms with Crippen molar-refractivity contribution in [2.75, 3.05) is 39.5 Å². The molecule has 5 heteroatoms. The van der Waals surface area contributed by atoms with E-state index in [1.54, 1.807) is 0 Å². The Labute approximate surface area is 137 Å². The summed E-state index contributed by atoms with van der Waals surface area (Å²) in [7, 11) is 0. The number of benzene rings is 1. The fraction of sp³-hybridized carbons (Fsp3) is 0.611. The number of likely N-dealkylation sites (tertiary alicyclic amines) is 1.